The molecule has 2 aromatic rings. The number of fused-ring (bicyclic) bond motifs is 4. The third-order valence-corrected chi connectivity index (χ3v) is 17.2. The highest BCUT2D eigenvalue weighted by atomic mass is 28.4. The molecule has 0 radical (unpaired) electrons. The first-order valence-electron chi connectivity index (χ1n) is 12.2. The van der Waals surface area contributed by atoms with Crippen molar-refractivity contribution in [1.82, 2.24) is 9.55 Å². The molecule has 0 unspecified atom stereocenters. The Labute approximate surface area is 205 Å². The molecule has 0 amide bonds. The van der Waals surface area contributed by atoms with E-state index in [1.165, 1.54) is 0 Å². The Bertz CT molecular complexity index is 1130. The Morgan fingerprint density at radius 1 is 1.00 bits per heavy atom. The van der Waals surface area contributed by atoms with Crippen LogP contribution in [0, 0.1) is 0 Å². The molecule has 1 fully saturated rings. The van der Waals surface area contributed by atoms with Crippen LogP contribution in [-0.2, 0) is 13.6 Å². The molecular formula is C25H40N2O5Si2. The molecule has 1 saturated heterocycles. The lowest BCUT2D eigenvalue weighted by Crippen LogP contribution is -2.51. The second-order valence-electron chi connectivity index (χ2n) is 12.6. The van der Waals surface area contributed by atoms with Gasteiger partial charge in [-0.3, -0.25) is 4.79 Å². The minimum absolute atomic E-state index is 0.0190. The summed E-state index contributed by atoms with van der Waals surface area (Å²) in [5, 5.41) is 0.660. The topological polar surface area (TPSA) is 71.8 Å². The summed E-state index contributed by atoms with van der Waals surface area (Å²) < 4.78 is 27.8. The summed E-state index contributed by atoms with van der Waals surface area (Å²) in [5.74, 6) is 0. The number of hydrogen-bond acceptors (Lipinski definition) is 6. The van der Waals surface area contributed by atoms with E-state index in [0.29, 0.717) is 23.5 Å². The van der Waals surface area contributed by atoms with Crippen LogP contribution in [0.15, 0.2) is 29.1 Å². The summed E-state index contributed by atoms with van der Waals surface area (Å²) in [6.45, 7) is 22.7. The predicted octanol–water partition coefficient (Wildman–Crippen LogP) is 5.47. The van der Waals surface area contributed by atoms with Crippen molar-refractivity contribution >= 4 is 27.5 Å². The third kappa shape index (κ3) is 4.30. The Hall–Kier alpha value is -1.53. The zero-order valence-corrected chi connectivity index (χ0v) is 24.3. The smallest absolute Gasteiger partial charge is 0.302 e. The molecule has 1 aromatic carbocycles. The van der Waals surface area contributed by atoms with Crippen LogP contribution in [0.4, 0.5) is 0 Å². The van der Waals surface area contributed by atoms with Gasteiger partial charge >= 0.3 is 6.01 Å². The number of ether oxygens (including phenoxy) is 2. The van der Waals surface area contributed by atoms with Crippen molar-refractivity contribution in [3.05, 3.63) is 34.6 Å². The van der Waals surface area contributed by atoms with Gasteiger partial charge in [-0.15, -0.1) is 0 Å². The first-order chi connectivity index (χ1) is 15.5. The lowest BCUT2D eigenvalue weighted by atomic mass is 10.1. The molecule has 9 heteroatoms. The summed E-state index contributed by atoms with van der Waals surface area (Å²) >= 11 is 0. The fourth-order valence-electron chi connectivity index (χ4n) is 3.90. The Morgan fingerprint density at radius 3 is 2.24 bits per heavy atom. The number of hydrogen-bond donors (Lipinski definition) is 0. The molecule has 0 bridgehead atoms. The molecular weight excluding hydrogens is 464 g/mol. The highest BCUT2D eigenvalue weighted by Crippen LogP contribution is 2.45. The van der Waals surface area contributed by atoms with E-state index < -0.39 is 29.0 Å². The molecule has 34 heavy (non-hydrogen) atoms. The summed E-state index contributed by atoms with van der Waals surface area (Å²) in [5.41, 5.74) is 0.475. The molecule has 0 spiro atoms. The van der Waals surface area contributed by atoms with Gasteiger partial charge in [-0.25, -0.2) is 4.57 Å². The van der Waals surface area contributed by atoms with Crippen LogP contribution in [0.5, 0.6) is 6.01 Å². The van der Waals surface area contributed by atoms with Crippen LogP contribution in [-0.4, -0.2) is 51.1 Å². The fraction of sp³-hybridized carbons (Fsp3) is 0.680. The second-order valence-corrected chi connectivity index (χ2v) is 22.2. The van der Waals surface area contributed by atoms with E-state index in [2.05, 4.69) is 72.7 Å². The van der Waals surface area contributed by atoms with Gasteiger partial charge in [0.2, 0.25) is 0 Å². The molecule has 0 N–H and O–H groups in total. The SMILES string of the molecule is CC(C)(C)[Si](C)(C)OC[C@H]1O[C@@H]2[C@@H](Oc3nc4ccccc4c(=O)n32)[C@@H]1O[Si](C)(C)C(C)(C)C. The Kier molecular flexibility index (Phi) is 6.21. The number of nitrogens with zero attached hydrogens (tertiary/aromatic N) is 2. The molecule has 2 aliphatic rings. The van der Waals surface area contributed by atoms with Crippen LogP contribution < -0.4 is 10.3 Å². The monoisotopic (exact) mass is 504 g/mol. The number of para-hydroxylation sites is 1. The van der Waals surface area contributed by atoms with Gasteiger partial charge in [0.05, 0.1) is 17.5 Å². The zero-order valence-electron chi connectivity index (χ0n) is 22.3. The maximum absolute atomic E-state index is 13.4. The van der Waals surface area contributed by atoms with E-state index >= 15 is 0 Å². The minimum atomic E-state index is -2.16. The van der Waals surface area contributed by atoms with Crippen molar-refractivity contribution < 1.29 is 18.3 Å². The van der Waals surface area contributed by atoms with Gasteiger partial charge in [0.25, 0.3) is 5.56 Å². The first-order valence-corrected chi connectivity index (χ1v) is 18.0. The Balaban J connectivity index is 1.69. The lowest BCUT2D eigenvalue weighted by Gasteiger charge is -2.41. The number of benzene rings is 1. The minimum Gasteiger partial charge on any atom is -0.454 e. The molecule has 2 aliphatic heterocycles. The molecule has 1 aromatic heterocycles. The van der Waals surface area contributed by atoms with Crippen molar-refractivity contribution in [3.63, 3.8) is 0 Å². The fourth-order valence-corrected chi connectivity index (χ4v) is 6.23. The van der Waals surface area contributed by atoms with Gasteiger partial charge in [-0.1, -0.05) is 53.7 Å². The van der Waals surface area contributed by atoms with E-state index in [1.807, 2.05) is 18.2 Å². The van der Waals surface area contributed by atoms with Gasteiger partial charge in [-0.2, -0.15) is 4.98 Å². The highest BCUT2D eigenvalue weighted by molar-refractivity contribution is 6.74. The van der Waals surface area contributed by atoms with Crippen LogP contribution >= 0.6 is 0 Å². The van der Waals surface area contributed by atoms with Crippen LogP contribution in [0.1, 0.15) is 47.8 Å². The van der Waals surface area contributed by atoms with Crippen LogP contribution in [0.3, 0.4) is 0 Å². The van der Waals surface area contributed by atoms with Gasteiger partial charge in [-0.05, 0) is 48.4 Å². The van der Waals surface area contributed by atoms with Crippen molar-refractivity contribution in [2.45, 2.75) is 102 Å². The van der Waals surface area contributed by atoms with E-state index in [0.717, 1.165) is 0 Å². The average Bonchev–Trinajstić information content (AvgIpc) is 3.21. The molecule has 0 saturated carbocycles. The molecule has 4 rings (SSSR count). The van der Waals surface area contributed by atoms with Crippen LogP contribution in [0.25, 0.3) is 10.9 Å². The number of rotatable bonds is 5. The predicted molar refractivity (Wildman–Crippen MR) is 140 cm³/mol. The van der Waals surface area contributed by atoms with Gasteiger partial charge in [0, 0.05) is 0 Å². The molecule has 0 aliphatic carbocycles. The Morgan fingerprint density at radius 2 is 1.62 bits per heavy atom. The normalized spacial score (nSPS) is 25.4. The third-order valence-electron chi connectivity index (χ3n) is 8.21. The zero-order chi connectivity index (χ0) is 25.3. The first kappa shape index (κ1) is 25.6. The van der Waals surface area contributed by atoms with Crippen molar-refractivity contribution in [2.24, 2.45) is 0 Å². The van der Waals surface area contributed by atoms with Crippen molar-refractivity contribution in [1.29, 1.82) is 0 Å². The van der Waals surface area contributed by atoms with E-state index in [-0.39, 0.29) is 27.8 Å². The second kappa shape index (κ2) is 8.26. The van der Waals surface area contributed by atoms with Crippen molar-refractivity contribution in [3.8, 4) is 6.01 Å². The quantitative estimate of drug-likeness (QED) is 0.503. The van der Waals surface area contributed by atoms with Gasteiger partial charge < -0.3 is 18.3 Å². The molecule has 3 heterocycles. The van der Waals surface area contributed by atoms with E-state index in [1.54, 1.807) is 10.6 Å². The maximum atomic E-state index is 13.4. The summed E-state index contributed by atoms with van der Waals surface area (Å²) in [6, 6.07) is 7.64. The van der Waals surface area contributed by atoms with E-state index in [9.17, 15) is 4.79 Å². The largest absolute Gasteiger partial charge is 0.454 e. The van der Waals surface area contributed by atoms with Crippen molar-refractivity contribution in [2.75, 3.05) is 6.61 Å². The lowest BCUT2D eigenvalue weighted by molar-refractivity contribution is -0.0392. The maximum Gasteiger partial charge on any atom is 0.302 e. The summed E-state index contributed by atoms with van der Waals surface area (Å²) in [4.78, 5) is 18.0. The van der Waals surface area contributed by atoms with E-state index in [4.69, 9.17) is 18.3 Å². The molecule has 188 valence electrons. The summed E-state index contributed by atoms with van der Waals surface area (Å²) in [6.07, 6.45) is -1.70. The van der Waals surface area contributed by atoms with Crippen LogP contribution in [0.2, 0.25) is 36.3 Å². The molecule has 7 nitrogen and oxygen atoms in total. The average molecular weight is 505 g/mol. The standard InChI is InChI=1S/C25H40N2O5Si2/c1-24(2,3)33(7,8)29-15-18-19(32-34(9,10)25(4,5)6)20-22(30-18)27-21(28)16-13-11-12-14-17(16)26-23(27)31-20/h11-14,18-20,22H,15H2,1-10H3/t18-,19-,20+,22-/m1/s1. The molecule has 4 atom stereocenters. The number of aromatic nitrogens is 2. The highest BCUT2D eigenvalue weighted by Gasteiger charge is 2.56. The van der Waals surface area contributed by atoms with Gasteiger partial charge in [0.15, 0.2) is 29.0 Å². The van der Waals surface area contributed by atoms with Gasteiger partial charge in [0.1, 0.15) is 12.2 Å². The summed E-state index contributed by atoms with van der Waals surface area (Å²) in [7, 11) is -4.16.